The summed E-state index contributed by atoms with van der Waals surface area (Å²) in [5, 5.41) is 3.81. The van der Waals surface area contributed by atoms with Gasteiger partial charge < -0.3 is 10.1 Å². The maximum Gasteiger partial charge on any atom is 0.258 e. The van der Waals surface area contributed by atoms with Crippen LogP contribution < -0.4 is 10.1 Å². The molecule has 0 radical (unpaired) electrons. The number of carbonyl (C=O) groups is 1. The van der Waals surface area contributed by atoms with Crippen LogP contribution in [0.5, 0.6) is 5.75 Å². The van der Waals surface area contributed by atoms with Gasteiger partial charge in [0.1, 0.15) is 5.75 Å². The molecule has 0 bridgehead atoms. The lowest BCUT2D eigenvalue weighted by atomic mass is 10.0. The van der Waals surface area contributed by atoms with Gasteiger partial charge >= 0.3 is 0 Å². The van der Waals surface area contributed by atoms with Crippen LogP contribution in [-0.4, -0.2) is 37.0 Å². The van der Waals surface area contributed by atoms with E-state index in [4.69, 9.17) is 16.3 Å². The van der Waals surface area contributed by atoms with Crippen molar-refractivity contribution in [2.75, 3.05) is 26.2 Å². The highest BCUT2D eigenvalue weighted by Gasteiger charge is 2.24. The lowest BCUT2D eigenvalue weighted by molar-refractivity contribution is -0.123. The van der Waals surface area contributed by atoms with Crippen molar-refractivity contribution >= 4 is 17.5 Å². The van der Waals surface area contributed by atoms with Crippen LogP contribution in [0.1, 0.15) is 48.4 Å². The molecule has 4 nitrogen and oxygen atoms in total. The Balaban J connectivity index is 1.62. The standard InChI is InChI=1S/C24H31ClN2O2/c1-18-13-19(2)15-20(14-18)29-17-24(28)26-16-23(21-9-5-6-10-22(21)25)27-11-7-3-4-8-12-27/h5-6,9-10,13-15,23H,3-4,7-8,11-12,16-17H2,1-2H3,(H,26,28)/t23-/m1/s1. The van der Waals surface area contributed by atoms with E-state index in [0.29, 0.717) is 6.54 Å². The molecule has 1 amide bonds. The molecular weight excluding hydrogens is 384 g/mol. The van der Waals surface area contributed by atoms with Gasteiger partial charge in [0, 0.05) is 11.6 Å². The number of carbonyl (C=O) groups excluding carboxylic acids is 1. The summed E-state index contributed by atoms with van der Waals surface area (Å²) >= 11 is 6.50. The highest BCUT2D eigenvalue weighted by molar-refractivity contribution is 6.31. The second-order valence-electron chi connectivity index (χ2n) is 7.90. The molecule has 0 saturated carbocycles. The molecule has 1 fully saturated rings. The zero-order valence-corrected chi connectivity index (χ0v) is 18.2. The minimum atomic E-state index is -0.115. The topological polar surface area (TPSA) is 41.6 Å². The number of nitrogens with one attached hydrogen (secondary N) is 1. The lowest BCUT2D eigenvalue weighted by Crippen LogP contribution is -2.40. The average molecular weight is 415 g/mol. The molecule has 1 aliphatic heterocycles. The molecule has 2 aromatic carbocycles. The number of likely N-dealkylation sites (tertiary alicyclic amines) is 1. The maximum atomic E-state index is 12.5. The first-order valence-corrected chi connectivity index (χ1v) is 10.9. The quantitative estimate of drug-likeness (QED) is 0.687. The number of benzene rings is 2. The third kappa shape index (κ3) is 6.48. The third-order valence-electron chi connectivity index (χ3n) is 5.40. The van der Waals surface area contributed by atoms with Crippen LogP contribution in [0.15, 0.2) is 42.5 Å². The van der Waals surface area contributed by atoms with Crippen molar-refractivity contribution in [3.05, 3.63) is 64.2 Å². The zero-order valence-electron chi connectivity index (χ0n) is 17.4. The summed E-state index contributed by atoms with van der Waals surface area (Å²) in [5.41, 5.74) is 3.33. The fourth-order valence-corrected chi connectivity index (χ4v) is 4.28. The van der Waals surface area contributed by atoms with Crippen LogP contribution >= 0.6 is 11.6 Å². The third-order valence-corrected chi connectivity index (χ3v) is 5.75. The van der Waals surface area contributed by atoms with Gasteiger partial charge in [0.2, 0.25) is 0 Å². The molecule has 2 aromatic rings. The van der Waals surface area contributed by atoms with E-state index < -0.39 is 0 Å². The van der Waals surface area contributed by atoms with Crippen molar-refractivity contribution in [1.29, 1.82) is 0 Å². The van der Waals surface area contributed by atoms with E-state index in [-0.39, 0.29) is 18.6 Å². The predicted octanol–water partition coefficient (Wildman–Crippen LogP) is 5.07. The smallest absolute Gasteiger partial charge is 0.258 e. The van der Waals surface area contributed by atoms with E-state index in [1.807, 2.05) is 44.2 Å². The second-order valence-corrected chi connectivity index (χ2v) is 8.31. The van der Waals surface area contributed by atoms with Crippen LogP contribution in [0, 0.1) is 13.8 Å². The van der Waals surface area contributed by atoms with Gasteiger partial charge in [-0.1, -0.05) is 48.7 Å². The number of rotatable bonds is 7. The van der Waals surface area contributed by atoms with Crippen LogP contribution in [0.3, 0.4) is 0 Å². The molecule has 1 N–H and O–H groups in total. The van der Waals surface area contributed by atoms with Gasteiger partial charge in [-0.15, -0.1) is 0 Å². The van der Waals surface area contributed by atoms with Gasteiger partial charge in [0.15, 0.2) is 6.61 Å². The second kappa shape index (κ2) is 10.7. The molecule has 29 heavy (non-hydrogen) atoms. The molecule has 5 heteroatoms. The Labute approximate surface area is 179 Å². The van der Waals surface area contributed by atoms with Gasteiger partial charge in [-0.05, 0) is 74.7 Å². The van der Waals surface area contributed by atoms with Crippen molar-refractivity contribution in [2.24, 2.45) is 0 Å². The Morgan fingerprint density at radius 1 is 1.07 bits per heavy atom. The largest absolute Gasteiger partial charge is 0.484 e. The number of ether oxygens (including phenoxy) is 1. The van der Waals surface area contributed by atoms with E-state index in [1.165, 1.54) is 25.7 Å². The van der Waals surface area contributed by atoms with Gasteiger partial charge in [-0.25, -0.2) is 0 Å². The van der Waals surface area contributed by atoms with E-state index >= 15 is 0 Å². The lowest BCUT2D eigenvalue weighted by Gasteiger charge is -2.31. The van der Waals surface area contributed by atoms with Crippen molar-refractivity contribution in [3.63, 3.8) is 0 Å². The monoisotopic (exact) mass is 414 g/mol. The van der Waals surface area contributed by atoms with Crippen molar-refractivity contribution in [1.82, 2.24) is 10.2 Å². The number of amides is 1. The Kier molecular flexibility index (Phi) is 7.96. The first kappa shape index (κ1) is 21.7. The van der Waals surface area contributed by atoms with Crippen LogP contribution in [-0.2, 0) is 4.79 Å². The molecule has 156 valence electrons. The summed E-state index contributed by atoms with van der Waals surface area (Å²) < 4.78 is 5.70. The molecule has 0 aromatic heterocycles. The fourth-order valence-electron chi connectivity index (χ4n) is 4.01. The molecule has 0 spiro atoms. The number of nitrogens with zero attached hydrogens (tertiary/aromatic N) is 1. The Morgan fingerprint density at radius 2 is 1.72 bits per heavy atom. The molecule has 0 unspecified atom stereocenters. The van der Waals surface area contributed by atoms with Gasteiger partial charge in [0.05, 0.1) is 6.04 Å². The molecule has 1 atom stereocenters. The van der Waals surface area contributed by atoms with Crippen LogP contribution in [0.4, 0.5) is 0 Å². The van der Waals surface area contributed by atoms with Gasteiger partial charge in [-0.3, -0.25) is 9.69 Å². The molecule has 1 aliphatic rings. The summed E-state index contributed by atoms with van der Waals surface area (Å²) in [6.07, 6.45) is 4.90. The van der Waals surface area contributed by atoms with Crippen molar-refractivity contribution < 1.29 is 9.53 Å². The summed E-state index contributed by atoms with van der Waals surface area (Å²) in [6.45, 7) is 6.65. The molecule has 1 saturated heterocycles. The van der Waals surface area contributed by atoms with E-state index in [0.717, 1.165) is 40.6 Å². The first-order valence-electron chi connectivity index (χ1n) is 10.5. The molecule has 0 aliphatic carbocycles. The highest BCUT2D eigenvalue weighted by Crippen LogP contribution is 2.29. The van der Waals surface area contributed by atoms with Crippen LogP contribution in [0.25, 0.3) is 0 Å². The maximum absolute atomic E-state index is 12.5. The molecule has 1 heterocycles. The number of hydrogen-bond donors (Lipinski definition) is 1. The van der Waals surface area contributed by atoms with Gasteiger partial charge in [-0.2, -0.15) is 0 Å². The highest BCUT2D eigenvalue weighted by atomic mass is 35.5. The average Bonchev–Trinajstić information content (AvgIpc) is 2.97. The van der Waals surface area contributed by atoms with Crippen LogP contribution in [0.2, 0.25) is 5.02 Å². The molecule has 3 rings (SSSR count). The Bertz CT molecular complexity index is 796. The predicted molar refractivity (Wildman–Crippen MR) is 119 cm³/mol. The van der Waals surface area contributed by atoms with Gasteiger partial charge in [0.25, 0.3) is 5.91 Å². The normalized spacial score (nSPS) is 16.1. The summed E-state index contributed by atoms with van der Waals surface area (Å²) in [6, 6.07) is 14.0. The minimum absolute atomic E-state index is 0.0120. The zero-order chi connectivity index (χ0) is 20.6. The number of aryl methyl sites for hydroxylation is 2. The minimum Gasteiger partial charge on any atom is -0.484 e. The van der Waals surface area contributed by atoms with Crippen molar-refractivity contribution in [3.8, 4) is 5.75 Å². The fraction of sp³-hybridized carbons (Fsp3) is 0.458. The first-order chi connectivity index (χ1) is 14.0. The molecular formula is C24H31ClN2O2. The number of halogens is 1. The van der Waals surface area contributed by atoms with Crippen molar-refractivity contribution in [2.45, 2.75) is 45.6 Å². The van der Waals surface area contributed by atoms with E-state index in [1.54, 1.807) is 0 Å². The Morgan fingerprint density at radius 3 is 2.38 bits per heavy atom. The Hall–Kier alpha value is -2.04. The summed E-state index contributed by atoms with van der Waals surface area (Å²) in [4.78, 5) is 14.9. The SMILES string of the molecule is Cc1cc(C)cc(OCC(=O)NC[C@H](c2ccccc2Cl)N2CCCCCC2)c1. The van der Waals surface area contributed by atoms with E-state index in [2.05, 4.69) is 22.3 Å². The van der Waals surface area contributed by atoms with E-state index in [9.17, 15) is 4.79 Å². The summed E-state index contributed by atoms with van der Waals surface area (Å²) in [5.74, 6) is 0.615. The number of hydrogen-bond acceptors (Lipinski definition) is 3. The summed E-state index contributed by atoms with van der Waals surface area (Å²) in [7, 11) is 0.